The fraction of sp³-hybridized carbons (Fsp3) is 0.667. The summed E-state index contributed by atoms with van der Waals surface area (Å²) >= 11 is 0. The van der Waals surface area contributed by atoms with Gasteiger partial charge in [0.1, 0.15) is 5.82 Å². The maximum atomic E-state index is 13.0. The van der Waals surface area contributed by atoms with Gasteiger partial charge >= 0.3 is 0 Å². The Bertz CT molecular complexity index is 518. The molecule has 1 aromatic carbocycles. The predicted molar refractivity (Wildman–Crippen MR) is 85.8 cm³/mol. The van der Waals surface area contributed by atoms with Crippen molar-refractivity contribution in [3.8, 4) is 0 Å². The van der Waals surface area contributed by atoms with Crippen LogP contribution in [-0.4, -0.2) is 67.4 Å². The van der Waals surface area contributed by atoms with E-state index in [1.165, 1.54) is 12.8 Å². The van der Waals surface area contributed by atoms with Crippen molar-refractivity contribution in [3.63, 3.8) is 0 Å². The number of halogens is 1. The molecule has 4 nitrogen and oxygen atoms in total. The molecule has 23 heavy (non-hydrogen) atoms. The van der Waals surface area contributed by atoms with Crippen molar-refractivity contribution in [1.29, 1.82) is 0 Å². The number of rotatable bonds is 4. The van der Waals surface area contributed by atoms with Gasteiger partial charge < -0.3 is 9.47 Å². The largest absolute Gasteiger partial charge is 0.377 e. The minimum atomic E-state index is -0.171. The van der Waals surface area contributed by atoms with Crippen molar-refractivity contribution in [2.75, 3.05) is 39.4 Å². The van der Waals surface area contributed by atoms with E-state index >= 15 is 0 Å². The van der Waals surface area contributed by atoms with Gasteiger partial charge in [-0.3, -0.25) is 9.80 Å². The third kappa shape index (κ3) is 3.58. The van der Waals surface area contributed by atoms with Gasteiger partial charge in [0.2, 0.25) is 0 Å². The van der Waals surface area contributed by atoms with Crippen molar-refractivity contribution in [2.45, 2.75) is 37.6 Å². The van der Waals surface area contributed by atoms with E-state index in [1.807, 2.05) is 12.1 Å². The summed E-state index contributed by atoms with van der Waals surface area (Å²) in [5.74, 6) is -0.171. The topological polar surface area (TPSA) is 24.9 Å². The average Bonchev–Trinajstić information content (AvgIpc) is 3.19. The molecule has 3 saturated heterocycles. The molecule has 3 atom stereocenters. The normalized spacial score (nSPS) is 32.3. The predicted octanol–water partition coefficient (Wildman–Crippen LogP) is 1.89. The van der Waals surface area contributed by atoms with Crippen LogP contribution in [-0.2, 0) is 16.0 Å². The van der Waals surface area contributed by atoms with Crippen LogP contribution in [0.2, 0.25) is 0 Å². The standard InChI is InChI=1S/C18H25FN2O2/c19-15-5-3-14(4-6-15)10-20-12-17-18(13-20)23-9-7-21(17)11-16-2-1-8-22-16/h3-6,16-18H,1-2,7-13H2/t16-,17+,18-/m0/s1. The van der Waals surface area contributed by atoms with Crippen LogP contribution in [0.25, 0.3) is 0 Å². The minimum absolute atomic E-state index is 0.171. The molecule has 0 unspecified atom stereocenters. The number of hydrogen-bond acceptors (Lipinski definition) is 4. The van der Waals surface area contributed by atoms with E-state index in [2.05, 4.69) is 9.80 Å². The number of hydrogen-bond donors (Lipinski definition) is 0. The van der Waals surface area contributed by atoms with E-state index in [-0.39, 0.29) is 5.82 Å². The van der Waals surface area contributed by atoms with Gasteiger partial charge in [0.15, 0.2) is 0 Å². The highest BCUT2D eigenvalue weighted by Gasteiger charge is 2.40. The van der Waals surface area contributed by atoms with Crippen molar-refractivity contribution in [2.24, 2.45) is 0 Å². The van der Waals surface area contributed by atoms with Crippen LogP contribution in [0.3, 0.4) is 0 Å². The lowest BCUT2D eigenvalue weighted by Crippen LogP contribution is -2.52. The molecule has 3 heterocycles. The lowest BCUT2D eigenvalue weighted by Gasteiger charge is -2.38. The van der Waals surface area contributed by atoms with E-state index in [9.17, 15) is 4.39 Å². The number of likely N-dealkylation sites (tertiary alicyclic amines) is 1. The van der Waals surface area contributed by atoms with E-state index in [1.54, 1.807) is 12.1 Å². The van der Waals surface area contributed by atoms with Crippen LogP contribution < -0.4 is 0 Å². The molecular formula is C18H25FN2O2. The quantitative estimate of drug-likeness (QED) is 0.846. The zero-order valence-electron chi connectivity index (χ0n) is 13.5. The summed E-state index contributed by atoms with van der Waals surface area (Å²) in [6, 6.07) is 7.30. The van der Waals surface area contributed by atoms with Gasteiger partial charge in [-0.25, -0.2) is 4.39 Å². The summed E-state index contributed by atoms with van der Waals surface area (Å²) in [6.07, 6.45) is 3.08. The van der Waals surface area contributed by atoms with Crippen LogP contribution in [0.15, 0.2) is 24.3 Å². The second-order valence-corrected chi connectivity index (χ2v) is 6.93. The smallest absolute Gasteiger partial charge is 0.123 e. The lowest BCUT2D eigenvalue weighted by molar-refractivity contribution is -0.0615. The van der Waals surface area contributed by atoms with E-state index < -0.39 is 0 Å². The van der Waals surface area contributed by atoms with Gasteiger partial charge in [0.05, 0.1) is 18.8 Å². The Morgan fingerprint density at radius 1 is 1.09 bits per heavy atom. The first-order chi connectivity index (χ1) is 11.3. The van der Waals surface area contributed by atoms with Crippen molar-refractivity contribution in [3.05, 3.63) is 35.6 Å². The number of morpholine rings is 1. The Hall–Kier alpha value is -1.01. The van der Waals surface area contributed by atoms with E-state index in [0.29, 0.717) is 18.2 Å². The minimum Gasteiger partial charge on any atom is -0.377 e. The maximum Gasteiger partial charge on any atom is 0.123 e. The molecule has 0 N–H and O–H groups in total. The second kappa shape index (κ2) is 6.85. The Morgan fingerprint density at radius 3 is 2.74 bits per heavy atom. The Balaban J connectivity index is 1.37. The molecule has 0 saturated carbocycles. The average molecular weight is 320 g/mol. The highest BCUT2D eigenvalue weighted by molar-refractivity contribution is 5.16. The first-order valence-electron chi connectivity index (χ1n) is 8.72. The third-order valence-electron chi connectivity index (χ3n) is 5.27. The Morgan fingerprint density at radius 2 is 1.96 bits per heavy atom. The van der Waals surface area contributed by atoms with Crippen LogP contribution >= 0.6 is 0 Å². The number of nitrogens with zero attached hydrogens (tertiary/aromatic N) is 2. The molecule has 1 aromatic rings. The molecule has 126 valence electrons. The molecular weight excluding hydrogens is 295 g/mol. The molecule has 0 spiro atoms. The highest BCUT2D eigenvalue weighted by atomic mass is 19.1. The first-order valence-corrected chi connectivity index (χ1v) is 8.72. The van der Waals surface area contributed by atoms with Gasteiger partial charge in [-0.15, -0.1) is 0 Å². The van der Waals surface area contributed by atoms with Gasteiger partial charge in [0.25, 0.3) is 0 Å². The van der Waals surface area contributed by atoms with Gasteiger partial charge in [-0.05, 0) is 30.5 Å². The first kappa shape index (κ1) is 15.5. The zero-order chi connectivity index (χ0) is 15.6. The molecule has 3 fully saturated rings. The Labute approximate surface area is 137 Å². The maximum absolute atomic E-state index is 13.0. The molecule has 0 radical (unpaired) electrons. The van der Waals surface area contributed by atoms with Crippen molar-refractivity contribution in [1.82, 2.24) is 9.80 Å². The third-order valence-corrected chi connectivity index (χ3v) is 5.27. The van der Waals surface area contributed by atoms with Crippen LogP contribution in [0.1, 0.15) is 18.4 Å². The van der Waals surface area contributed by atoms with Gasteiger partial charge in [-0.2, -0.15) is 0 Å². The van der Waals surface area contributed by atoms with E-state index in [0.717, 1.165) is 51.5 Å². The molecule has 3 aliphatic heterocycles. The lowest BCUT2D eigenvalue weighted by atomic mass is 10.1. The van der Waals surface area contributed by atoms with E-state index in [4.69, 9.17) is 9.47 Å². The molecule has 0 amide bonds. The zero-order valence-corrected chi connectivity index (χ0v) is 13.5. The summed E-state index contributed by atoms with van der Waals surface area (Å²) in [7, 11) is 0. The Kier molecular flexibility index (Phi) is 4.62. The number of benzene rings is 1. The summed E-state index contributed by atoms with van der Waals surface area (Å²) < 4.78 is 24.8. The summed E-state index contributed by atoms with van der Waals surface area (Å²) in [5.41, 5.74) is 1.16. The fourth-order valence-electron chi connectivity index (χ4n) is 4.09. The molecule has 5 heteroatoms. The molecule has 0 bridgehead atoms. The SMILES string of the molecule is Fc1ccc(CN2C[C@@H]3OCCN(C[C@@H]4CCCO4)[C@@H]3C2)cc1. The number of fused-ring (bicyclic) bond motifs is 1. The monoisotopic (exact) mass is 320 g/mol. The van der Waals surface area contributed by atoms with Crippen LogP contribution in [0.4, 0.5) is 4.39 Å². The van der Waals surface area contributed by atoms with Crippen molar-refractivity contribution < 1.29 is 13.9 Å². The van der Waals surface area contributed by atoms with Crippen LogP contribution in [0, 0.1) is 5.82 Å². The van der Waals surface area contributed by atoms with Gasteiger partial charge in [0, 0.05) is 45.4 Å². The fourth-order valence-corrected chi connectivity index (χ4v) is 4.09. The highest BCUT2D eigenvalue weighted by Crippen LogP contribution is 2.26. The molecule has 4 rings (SSSR count). The second-order valence-electron chi connectivity index (χ2n) is 6.93. The number of ether oxygens (including phenoxy) is 2. The molecule has 0 aromatic heterocycles. The summed E-state index contributed by atoms with van der Waals surface area (Å²) in [6.45, 7) is 6.63. The van der Waals surface area contributed by atoms with Gasteiger partial charge in [-0.1, -0.05) is 12.1 Å². The molecule has 0 aliphatic carbocycles. The van der Waals surface area contributed by atoms with Crippen molar-refractivity contribution >= 4 is 0 Å². The molecule has 3 aliphatic rings. The summed E-state index contributed by atoms with van der Waals surface area (Å²) in [5, 5.41) is 0. The summed E-state index contributed by atoms with van der Waals surface area (Å²) in [4.78, 5) is 4.99. The van der Waals surface area contributed by atoms with Crippen LogP contribution in [0.5, 0.6) is 0 Å².